The van der Waals surface area contributed by atoms with Crippen LogP contribution >= 0.6 is 0 Å². The molecule has 0 heterocycles. The van der Waals surface area contributed by atoms with Crippen LogP contribution in [0.1, 0.15) is 84.0 Å². The van der Waals surface area contributed by atoms with Crippen LogP contribution in [0.15, 0.2) is 24.3 Å². The molecule has 3 nitrogen and oxygen atoms in total. The van der Waals surface area contributed by atoms with Crippen LogP contribution in [0, 0.1) is 0 Å². The first-order chi connectivity index (χ1) is 11.3. The predicted molar refractivity (Wildman–Crippen MR) is 97.4 cm³/mol. The average Bonchev–Trinajstić information content (AvgIpc) is 2.56. The van der Waals surface area contributed by atoms with Gasteiger partial charge in [-0.2, -0.15) is 0 Å². The highest BCUT2D eigenvalue weighted by Gasteiger charge is 2.01. The fourth-order valence-corrected chi connectivity index (χ4v) is 2.33. The van der Waals surface area contributed by atoms with Gasteiger partial charge in [-0.1, -0.05) is 69.8 Å². The number of allylic oxidation sites excluding steroid dienone is 4. The Morgan fingerprint density at radius 1 is 0.870 bits per heavy atom. The number of ether oxygens (including phenoxy) is 1. The third-order valence-electron chi connectivity index (χ3n) is 3.71. The van der Waals surface area contributed by atoms with Gasteiger partial charge in [0.25, 0.3) is 0 Å². The van der Waals surface area contributed by atoms with Gasteiger partial charge in [-0.25, -0.2) is 0 Å². The van der Waals surface area contributed by atoms with Crippen LogP contribution in [-0.2, 0) is 9.53 Å². The maximum atomic E-state index is 11.2. The maximum Gasteiger partial charge on any atom is 0.305 e. The molecule has 0 radical (unpaired) electrons. The Balaban J connectivity index is 3.24. The number of aliphatic hydroxyl groups excluding tert-OH is 1. The lowest BCUT2D eigenvalue weighted by atomic mass is 10.1. The van der Waals surface area contributed by atoms with E-state index in [2.05, 4.69) is 31.2 Å². The standard InChI is InChI=1S/C20H36O3/c1-2-3-4-5-6-7-8-9-10-11-12-13-14-15-16-17-20(22)23-19-18-21/h7-10,21H,2-6,11-19H2,1H3/b8-7+,10-9-. The Bertz CT molecular complexity index is 308. The first-order valence-electron chi connectivity index (χ1n) is 9.39. The molecule has 0 bridgehead atoms. The third-order valence-corrected chi connectivity index (χ3v) is 3.71. The number of esters is 1. The number of carbonyl (C=O) groups is 1. The fourth-order valence-electron chi connectivity index (χ4n) is 2.33. The molecule has 134 valence electrons. The maximum absolute atomic E-state index is 11.2. The van der Waals surface area contributed by atoms with E-state index in [1.165, 1.54) is 51.4 Å². The fraction of sp³-hybridized carbons (Fsp3) is 0.750. The van der Waals surface area contributed by atoms with Crippen LogP contribution in [0.25, 0.3) is 0 Å². The molecular weight excluding hydrogens is 288 g/mol. The van der Waals surface area contributed by atoms with Gasteiger partial charge in [-0.05, 0) is 32.1 Å². The predicted octanol–water partition coefficient (Wildman–Crippen LogP) is 5.34. The Kier molecular flexibility index (Phi) is 18.1. The van der Waals surface area contributed by atoms with Gasteiger partial charge < -0.3 is 9.84 Å². The van der Waals surface area contributed by atoms with E-state index in [1.54, 1.807) is 0 Å². The van der Waals surface area contributed by atoms with E-state index in [0.29, 0.717) is 6.42 Å². The van der Waals surface area contributed by atoms with Gasteiger partial charge in [0.1, 0.15) is 6.61 Å². The van der Waals surface area contributed by atoms with Crippen molar-refractivity contribution >= 4 is 5.97 Å². The monoisotopic (exact) mass is 324 g/mol. The number of carbonyl (C=O) groups excluding carboxylic acids is 1. The zero-order valence-corrected chi connectivity index (χ0v) is 15.0. The lowest BCUT2D eigenvalue weighted by molar-refractivity contribution is -0.144. The van der Waals surface area contributed by atoms with Crippen LogP contribution in [0.4, 0.5) is 0 Å². The van der Waals surface area contributed by atoms with E-state index in [9.17, 15) is 4.79 Å². The van der Waals surface area contributed by atoms with Gasteiger partial charge >= 0.3 is 5.97 Å². The number of hydrogen-bond acceptors (Lipinski definition) is 3. The summed E-state index contributed by atoms with van der Waals surface area (Å²) in [4.78, 5) is 11.2. The molecule has 0 atom stereocenters. The Hall–Kier alpha value is -1.09. The minimum Gasteiger partial charge on any atom is -0.463 e. The summed E-state index contributed by atoms with van der Waals surface area (Å²) in [6.45, 7) is 2.28. The number of unbranched alkanes of at least 4 members (excludes halogenated alkanes) is 9. The zero-order valence-electron chi connectivity index (χ0n) is 15.0. The SMILES string of the molecule is CCCCCC/C=C/C=C\CCCCCCCC(=O)OCCO. The summed E-state index contributed by atoms with van der Waals surface area (Å²) >= 11 is 0. The van der Waals surface area contributed by atoms with Crippen molar-refractivity contribution < 1.29 is 14.6 Å². The summed E-state index contributed by atoms with van der Waals surface area (Å²) in [6, 6.07) is 0. The topological polar surface area (TPSA) is 46.5 Å². The molecule has 0 saturated carbocycles. The molecule has 0 saturated heterocycles. The quantitative estimate of drug-likeness (QED) is 0.237. The molecule has 0 aliphatic rings. The molecule has 0 aliphatic heterocycles. The molecule has 0 aromatic heterocycles. The summed E-state index contributed by atoms with van der Waals surface area (Å²) in [7, 11) is 0. The summed E-state index contributed by atoms with van der Waals surface area (Å²) in [5, 5.41) is 8.53. The van der Waals surface area contributed by atoms with E-state index < -0.39 is 0 Å². The van der Waals surface area contributed by atoms with E-state index in [4.69, 9.17) is 9.84 Å². The molecule has 0 fully saturated rings. The van der Waals surface area contributed by atoms with Crippen molar-refractivity contribution in [3.8, 4) is 0 Å². The highest BCUT2D eigenvalue weighted by atomic mass is 16.5. The molecule has 0 amide bonds. The van der Waals surface area contributed by atoms with Crippen LogP contribution in [0.5, 0.6) is 0 Å². The van der Waals surface area contributed by atoms with Gasteiger partial charge in [0, 0.05) is 6.42 Å². The smallest absolute Gasteiger partial charge is 0.305 e. The van der Waals surface area contributed by atoms with Gasteiger partial charge in [0.05, 0.1) is 6.61 Å². The Morgan fingerprint density at radius 3 is 2.04 bits per heavy atom. The van der Waals surface area contributed by atoms with Crippen LogP contribution in [0.2, 0.25) is 0 Å². The molecule has 0 rings (SSSR count). The molecule has 0 aromatic rings. The van der Waals surface area contributed by atoms with Crippen molar-refractivity contribution in [1.29, 1.82) is 0 Å². The highest BCUT2D eigenvalue weighted by molar-refractivity contribution is 5.69. The van der Waals surface area contributed by atoms with Crippen LogP contribution < -0.4 is 0 Å². The van der Waals surface area contributed by atoms with Crippen molar-refractivity contribution in [2.75, 3.05) is 13.2 Å². The van der Waals surface area contributed by atoms with Gasteiger partial charge in [0.15, 0.2) is 0 Å². The highest BCUT2D eigenvalue weighted by Crippen LogP contribution is 2.08. The lowest BCUT2D eigenvalue weighted by Gasteiger charge is -2.02. The van der Waals surface area contributed by atoms with Gasteiger partial charge in [0.2, 0.25) is 0 Å². The van der Waals surface area contributed by atoms with E-state index >= 15 is 0 Å². The third kappa shape index (κ3) is 18.9. The second kappa shape index (κ2) is 19.0. The van der Waals surface area contributed by atoms with Crippen molar-refractivity contribution in [3.63, 3.8) is 0 Å². The molecule has 0 aliphatic carbocycles. The van der Waals surface area contributed by atoms with Crippen LogP contribution in [0.3, 0.4) is 0 Å². The van der Waals surface area contributed by atoms with Crippen LogP contribution in [-0.4, -0.2) is 24.3 Å². The largest absolute Gasteiger partial charge is 0.463 e. The average molecular weight is 325 g/mol. The molecule has 0 unspecified atom stereocenters. The molecule has 0 spiro atoms. The summed E-state index contributed by atoms with van der Waals surface area (Å²) in [6.07, 6.45) is 22.6. The summed E-state index contributed by atoms with van der Waals surface area (Å²) in [5.74, 6) is -0.191. The van der Waals surface area contributed by atoms with Crippen molar-refractivity contribution in [2.45, 2.75) is 84.0 Å². The number of hydrogen-bond donors (Lipinski definition) is 1. The Labute approximate surface area is 142 Å². The molecule has 3 heteroatoms. The Morgan fingerprint density at radius 2 is 1.43 bits per heavy atom. The number of aliphatic hydroxyl groups is 1. The van der Waals surface area contributed by atoms with Crippen molar-refractivity contribution in [1.82, 2.24) is 0 Å². The normalized spacial score (nSPS) is 11.6. The molecular formula is C20H36O3. The van der Waals surface area contributed by atoms with E-state index in [0.717, 1.165) is 19.3 Å². The second-order valence-corrected chi connectivity index (χ2v) is 5.96. The van der Waals surface area contributed by atoms with Crippen molar-refractivity contribution in [3.05, 3.63) is 24.3 Å². The summed E-state index contributed by atoms with van der Waals surface area (Å²) in [5.41, 5.74) is 0. The molecule has 0 aromatic carbocycles. The zero-order chi connectivity index (χ0) is 17.0. The van der Waals surface area contributed by atoms with Gasteiger partial charge in [-0.3, -0.25) is 4.79 Å². The lowest BCUT2D eigenvalue weighted by Crippen LogP contribution is -2.07. The molecule has 23 heavy (non-hydrogen) atoms. The van der Waals surface area contributed by atoms with E-state index in [1.807, 2.05) is 0 Å². The van der Waals surface area contributed by atoms with Gasteiger partial charge in [-0.15, -0.1) is 0 Å². The first-order valence-corrected chi connectivity index (χ1v) is 9.39. The second-order valence-electron chi connectivity index (χ2n) is 5.96. The van der Waals surface area contributed by atoms with E-state index in [-0.39, 0.29) is 19.2 Å². The first kappa shape index (κ1) is 21.9. The number of rotatable bonds is 16. The van der Waals surface area contributed by atoms with Crippen molar-refractivity contribution in [2.24, 2.45) is 0 Å². The minimum absolute atomic E-state index is 0.0900. The summed E-state index contributed by atoms with van der Waals surface area (Å²) < 4.78 is 4.81. The molecule has 1 N–H and O–H groups in total. The minimum atomic E-state index is -0.191.